The average Bonchev–Trinajstić information content (AvgIpc) is 2.70. The Labute approximate surface area is 181 Å². The van der Waals surface area contributed by atoms with Crippen molar-refractivity contribution in [1.82, 2.24) is 0 Å². The van der Waals surface area contributed by atoms with Gasteiger partial charge in [-0.25, -0.2) is 0 Å². The van der Waals surface area contributed by atoms with Gasteiger partial charge in [-0.2, -0.15) is 0 Å². The summed E-state index contributed by atoms with van der Waals surface area (Å²) in [5.41, 5.74) is 3.93. The first-order chi connectivity index (χ1) is 14.3. The van der Waals surface area contributed by atoms with Crippen molar-refractivity contribution < 1.29 is 10.2 Å². The number of aromatic hydroxyl groups is 2. The fraction of sp³-hybridized carbons (Fsp3) is 0.462. The number of phenolic OH excluding ortho intramolecular Hbond substituents is 2. The third-order valence-electron chi connectivity index (χ3n) is 5.02. The fourth-order valence-corrected chi connectivity index (χ4v) is 3.08. The molecule has 4 heteroatoms. The van der Waals surface area contributed by atoms with E-state index in [4.69, 9.17) is 0 Å². The van der Waals surface area contributed by atoms with E-state index < -0.39 is 0 Å². The van der Waals surface area contributed by atoms with E-state index in [0.717, 1.165) is 36.8 Å². The highest BCUT2D eigenvalue weighted by Gasteiger charge is 2.03. The Bertz CT molecular complexity index is 783. The van der Waals surface area contributed by atoms with Gasteiger partial charge in [-0.1, -0.05) is 39.8 Å². The smallest absolute Gasteiger partial charge is 0.124 e. The molecule has 2 aromatic rings. The first-order valence-electron chi connectivity index (χ1n) is 11.0. The molecule has 0 fully saturated rings. The standard InChI is InChI=1S/C26H36N2O2/c1-19(2)5-7-21-9-11-25(29)23(15-21)17-27-13-14-28-18-24-16-22(8-6-20(3)4)10-12-26(24)30/h9-12,15-20,29-30H,5-8,13-14H2,1-4H3. The normalized spacial score (nSPS) is 12.1. The third-order valence-corrected chi connectivity index (χ3v) is 5.02. The molecular weight excluding hydrogens is 372 g/mol. The van der Waals surface area contributed by atoms with Gasteiger partial charge in [0.25, 0.3) is 0 Å². The molecule has 2 N–H and O–H groups in total. The number of phenols is 2. The molecule has 2 aromatic carbocycles. The van der Waals surface area contributed by atoms with Crippen LogP contribution in [-0.4, -0.2) is 35.7 Å². The summed E-state index contributed by atoms with van der Waals surface area (Å²) in [5, 5.41) is 20.1. The Morgan fingerprint density at radius 3 is 1.47 bits per heavy atom. The molecule has 0 spiro atoms. The van der Waals surface area contributed by atoms with Crippen molar-refractivity contribution in [3.63, 3.8) is 0 Å². The Morgan fingerprint density at radius 2 is 1.10 bits per heavy atom. The number of hydrogen-bond acceptors (Lipinski definition) is 4. The summed E-state index contributed by atoms with van der Waals surface area (Å²) in [4.78, 5) is 8.80. The Kier molecular flexibility index (Phi) is 9.59. The van der Waals surface area contributed by atoms with Crippen molar-refractivity contribution in [3.8, 4) is 11.5 Å². The molecule has 0 atom stereocenters. The molecular formula is C26H36N2O2. The van der Waals surface area contributed by atoms with Crippen LogP contribution in [0, 0.1) is 11.8 Å². The SMILES string of the molecule is CC(C)CCc1ccc(O)c(C=NCCN=Cc2cc(CCC(C)C)ccc2O)c1. The first-order valence-corrected chi connectivity index (χ1v) is 11.0. The second kappa shape index (κ2) is 12.2. The minimum Gasteiger partial charge on any atom is -0.507 e. The number of rotatable bonds is 11. The second-order valence-electron chi connectivity index (χ2n) is 8.72. The summed E-state index contributed by atoms with van der Waals surface area (Å²) in [7, 11) is 0. The summed E-state index contributed by atoms with van der Waals surface area (Å²) in [6.07, 6.45) is 7.69. The molecule has 2 rings (SSSR count). The molecule has 0 saturated heterocycles. The maximum absolute atomic E-state index is 10.0. The molecule has 30 heavy (non-hydrogen) atoms. The van der Waals surface area contributed by atoms with E-state index in [-0.39, 0.29) is 11.5 Å². The van der Waals surface area contributed by atoms with Crippen LogP contribution >= 0.6 is 0 Å². The van der Waals surface area contributed by atoms with Gasteiger partial charge in [0.05, 0.1) is 13.1 Å². The molecule has 0 aromatic heterocycles. The van der Waals surface area contributed by atoms with Gasteiger partial charge in [-0.3, -0.25) is 9.98 Å². The minimum absolute atomic E-state index is 0.249. The van der Waals surface area contributed by atoms with Gasteiger partial charge in [0, 0.05) is 23.6 Å². The Balaban J connectivity index is 1.88. The molecule has 0 bridgehead atoms. The van der Waals surface area contributed by atoms with E-state index in [0.29, 0.717) is 24.9 Å². The van der Waals surface area contributed by atoms with E-state index in [1.54, 1.807) is 24.6 Å². The van der Waals surface area contributed by atoms with Gasteiger partial charge in [-0.15, -0.1) is 0 Å². The molecule has 0 saturated carbocycles. The van der Waals surface area contributed by atoms with Crippen molar-refractivity contribution in [1.29, 1.82) is 0 Å². The zero-order valence-corrected chi connectivity index (χ0v) is 18.8. The van der Waals surface area contributed by atoms with Crippen molar-refractivity contribution in [2.24, 2.45) is 21.8 Å². The van der Waals surface area contributed by atoms with E-state index in [1.165, 1.54) is 11.1 Å². The average molecular weight is 409 g/mol. The summed E-state index contributed by atoms with van der Waals surface area (Å²) < 4.78 is 0. The van der Waals surface area contributed by atoms with Crippen LogP contribution in [0.3, 0.4) is 0 Å². The Morgan fingerprint density at radius 1 is 0.700 bits per heavy atom. The van der Waals surface area contributed by atoms with Gasteiger partial charge in [-0.05, 0) is 72.9 Å². The molecule has 0 radical (unpaired) electrons. The lowest BCUT2D eigenvalue weighted by atomic mass is 10.0. The maximum Gasteiger partial charge on any atom is 0.124 e. The molecule has 0 heterocycles. The topological polar surface area (TPSA) is 65.2 Å². The summed E-state index contributed by atoms with van der Waals surface area (Å²) in [6.45, 7) is 9.91. The van der Waals surface area contributed by atoms with E-state index in [9.17, 15) is 10.2 Å². The lowest BCUT2D eigenvalue weighted by Gasteiger charge is -2.07. The van der Waals surface area contributed by atoms with E-state index in [1.807, 2.05) is 24.3 Å². The van der Waals surface area contributed by atoms with Gasteiger partial charge < -0.3 is 10.2 Å². The van der Waals surface area contributed by atoms with Crippen LogP contribution in [0.25, 0.3) is 0 Å². The van der Waals surface area contributed by atoms with Gasteiger partial charge in [0.1, 0.15) is 11.5 Å². The largest absolute Gasteiger partial charge is 0.507 e. The summed E-state index contributed by atoms with van der Waals surface area (Å²) in [5.74, 6) is 1.81. The van der Waals surface area contributed by atoms with Crippen LogP contribution in [0.4, 0.5) is 0 Å². The summed E-state index contributed by atoms with van der Waals surface area (Å²) >= 11 is 0. The maximum atomic E-state index is 10.0. The summed E-state index contributed by atoms with van der Waals surface area (Å²) in [6, 6.07) is 11.4. The lowest BCUT2D eigenvalue weighted by molar-refractivity contribution is 0.473. The highest BCUT2D eigenvalue weighted by Crippen LogP contribution is 2.20. The van der Waals surface area contributed by atoms with Crippen molar-refractivity contribution >= 4 is 12.4 Å². The molecule has 0 aliphatic heterocycles. The molecule has 4 nitrogen and oxygen atoms in total. The van der Waals surface area contributed by atoms with E-state index in [2.05, 4.69) is 37.7 Å². The van der Waals surface area contributed by atoms with Gasteiger partial charge in [0.15, 0.2) is 0 Å². The van der Waals surface area contributed by atoms with Crippen LogP contribution in [0.15, 0.2) is 46.4 Å². The number of nitrogens with zero attached hydrogens (tertiary/aromatic N) is 2. The van der Waals surface area contributed by atoms with Crippen LogP contribution < -0.4 is 0 Å². The van der Waals surface area contributed by atoms with Gasteiger partial charge in [0.2, 0.25) is 0 Å². The number of aryl methyl sites for hydroxylation is 2. The van der Waals surface area contributed by atoms with Crippen LogP contribution in [0.1, 0.15) is 62.8 Å². The van der Waals surface area contributed by atoms with Crippen LogP contribution in [-0.2, 0) is 12.8 Å². The molecule has 162 valence electrons. The van der Waals surface area contributed by atoms with Crippen molar-refractivity contribution in [2.45, 2.75) is 53.4 Å². The van der Waals surface area contributed by atoms with Gasteiger partial charge >= 0.3 is 0 Å². The van der Waals surface area contributed by atoms with Crippen molar-refractivity contribution in [3.05, 3.63) is 58.7 Å². The fourth-order valence-electron chi connectivity index (χ4n) is 3.08. The molecule has 0 aliphatic carbocycles. The van der Waals surface area contributed by atoms with Crippen LogP contribution in [0.5, 0.6) is 11.5 Å². The highest BCUT2D eigenvalue weighted by molar-refractivity contribution is 5.84. The Hall–Kier alpha value is -2.62. The molecule has 0 aliphatic rings. The second-order valence-corrected chi connectivity index (χ2v) is 8.72. The van der Waals surface area contributed by atoms with Crippen LogP contribution in [0.2, 0.25) is 0 Å². The first kappa shape index (κ1) is 23.7. The zero-order valence-electron chi connectivity index (χ0n) is 18.8. The minimum atomic E-state index is 0.249. The van der Waals surface area contributed by atoms with E-state index >= 15 is 0 Å². The third kappa shape index (κ3) is 8.40. The predicted octanol–water partition coefficient (Wildman–Crippen LogP) is 5.81. The number of hydrogen-bond donors (Lipinski definition) is 2. The molecule has 0 unspecified atom stereocenters. The monoisotopic (exact) mass is 408 g/mol. The zero-order chi connectivity index (χ0) is 21.9. The number of benzene rings is 2. The quantitative estimate of drug-likeness (QED) is 0.364. The number of aliphatic imine (C=N–C) groups is 2. The molecule has 0 amide bonds. The lowest BCUT2D eigenvalue weighted by Crippen LogP contribution is -1.95. The highest BCUT2D eigenvalue weighted by atomic mass is 16.3. The predicted molar refractivity (Wildman–Crippen MR) is 127 cm³/mol. The van der Waals surface area contributed by atoms with Crippen molar-refractivity contribution in [2.75, 3.05) is 13.1 Å².